The second-order valence-corrected chi connectivity index (χ2v) is 5.24. The van der Waals surface area contributed by atoms with Gasteiger partial charge in [0, 0.05) is 19.2 Å². The normalized spacial score (nSPS) is 17.1. The van der Waals surface area contributed by atoms with Gasteiger partial charge in [-0.1, -0.05) is 6.07 Å². The molecule has 0 bridgehead atoms. The Labute approximate surface area is 125 Å². The minimum atomic E-state index is -0.778. The van der Waals surface area contributed by atoms with E-state index in [1.807, 2.05) is 0 Å². The Hall–Kier alpha value is -2.77. The molecule has 3 rings (SSSR count). The van der Waals surface area contributed by atoms with Gasteiger partial charge in [0.25, 0.3) is 17.5 Å². The fourth-order valence-electron chi connectivity index (χ4n) is 2.81. The molecule has 1 aromatic rings. The Morgan fingerprint density at radius 2 is 1.86 bits per heavy atom. The number of rotatable bonds is 3. The van der Waals surface area contributed by atoms with Crippen LogP contribution in [0.3, 0.4) is 0 Å². The average molecular weight is 303 g/mol. The summed E-state index contributed by atoms with van der Waals surface area (Å²) in [4.78, 5) is 49.4. The number of nitro groups is 1. The van der Waals surface area contributed by atoms with E-state index in [0.717, 1.165) is 17.7 Å². The summed E-state index contributed by atoms with van der Waals surface area (Å²) < 4.78 is 0. The summed E-state index contributed by atoms with van der Waals surface area (Å²) >= 11 is 0. The highest BCUT2D eigenvalue weighted by atomic mass is 16.6. The predicted molar refractivity (Wildman–Crippen MR) is 74.3 cm³/mol. The van der Waals surface area contributed by atoms with Gasteiger partial charge in [-0.05, 0) is 18.9 Å². The van der Waals surface area contributed by atoms with Gasteiger partial charge in [0.1, 0.15) is 12.1 Å². The van der Waals surface area contributed by atoms with E-state index in [0.29, 0.717) is 13.1 Å². The topological polar surface area (TPSA) is 101 Å². The average Bonchev–Trinajstić information content (AvgIpc) is 3.11. The monoisotopic (exact) mass is 303 g/mol. The summed E-state index contributed by atoms with van der Waals surface area (Å²) in [6, 6.07) is 3.90. The lowest BCUT2D eigenvalue weighted by atomic mass is 10.1. The Bertz CT molecular complexity index is 694. The van der Waals surface area contributed by atoms with Crippen LogP contribution in [0.4, 0.5) is 5.69 Å². The first kappa shape index (κ1) is 14.2. The first-order valence-corrected chi connectivity index (χ1v) is 6.92. The van der Waals surface area contributed by atoms with Crippen molar-refractivity contribution in [3.63, 3.8) is 0 Å². The molecule has 1 fully saturated rings. The van der Waals surface area contributed by atoms with E-state index >= 15 is 0 Å². The molecule has 22 heavy (non-hydrogen) atoms. The number of amides is 3. The molecule has 8 nitrogen and oxygen atoms in total. The van der Waals surface area contributed by atoms with Crippen LogP contribution >= 0.6 is 0 Å². The van der Waals surface area contributed by atoms with Gasteiger partial charge in [0.05, 0.1) is 10.5 Å². The minimum absolute atomic E-state index is 0.0200. The van der Waals surface area contributed by atoms with Crippen molar-refractivity contribution >= 4 is 23.4 Å². The number of carbonyl (C=O) groups is 3. The van der Waals surface area contributed by atoms with Gasteiger partial charge in [-0.15, -0.1) is 0 Å². The first-order chi connectivity index (χ1) is 10.5. The van der Waals surface area contributed by atoms with Crippen molar-refractivity contribution in [2.24, 2.45) is 0 Å². The number of nitrogens with zero attached hydrogens (tertiary/aromatic N) is 3. The lowest BCUT2D eigenvalue weighted by Crippen LogP contribution is -2.41. The third kappa shape index (κ3) is 2.12. The van der Waals surface area contributed by atoms with E-state index in [1.165, 1.54) is 18.2 Å². The zero-order valence-corrected chi connectivity index (χ0v) is 11.7. The number of hydrogen-bond donors (Lipinski definition) is 0. The maximum absolute atomic E-state index is 12.3. The summed E-state index contributed by atoms with van der Waals surface area (Å²) in [5.41, 5.74) is -0.660. The van der Waals surface area contributed by atoms with Crippen LogP contribution in [-0.4, -0.2) is 52.1 Å². The fraction of sp³-hybridized carbons (Fsp3) is 0.357. The summed E-state index contributed by atoms with van der Waals surface area (Å²) in [7, 11) is 0. The summed E-state index contributed by atoms with van der Waals surface area (Å²) in [5, 5.41) is 11.0. The maximum Gasteiger partial charge on any atom is 0.282 e. The highest BCUT2D eigenvalue weighted by Gasteiger charge is 2.42. The number of nitro benzene ring substituents is 1. The molecule has 2 aliphatic rings. The van der Waals surface area contributed by atoms with E-state index < -0.39 is 22.4 Å². The molecule has 0 aliphatic carbocycles. The zero-order chi connectivity index (χ0) is 15.9. The van der Waals surface area contributed by atoms with Crippen LogP contribution in [0.25, 0.3) is 0 Å². The van der Waals surface area contributed by atoms with Crippen molar-refractivity contribution in [1.29, 1.82) is 0 Å². The Morgan fingerprint density at radius 3 is 2.50 bits per heavy atom. The molecule has 2 heterocycles. The number of likely N-dealkylation sites (tertiary alicyclic amines) is 1. The second-order valence-electron chi connectivity index (χ2n) is 5.24. The van der Waals surface area contributed by atoms with Crippen molar-refractivity contribution in [2.45, 2.75) is 12.8 Å². The summed E-state index contributed by atoms with van der Waals surface area (Å²) in [6.07, 6.45) is 1.80. The van der Waals surface area contributed by atoms with Crippen molar-refractivity contribution < 1.29 is 19.3 Å². The van der Waals surface area contributed by atoms with Crippen LogP contribution in [0.2, 0.25) is 0 Å². The maximum atomic E-state index is 12.3. The third-order valence-electron chi connectivity index (χ3n) is 3.93. The van der Waals surface area contributed by atoms with Crippen LogP contribution < -0.4 is 0 Å². The van der Waals surface area contributed by atoms with Crippen molar-refractivity contribution in [3.05, 3.63) is 39.4 Å². The third-order valence-corrected chi connectivity index (χ3v) is 3.93. The van der Waals surface area contributed by atoms with Crippen molar-refractivity contribution in [3.8, 4) is 0 Å². The summed E-state index contributed by atoms with van der Waals surface area (Å²) in [5.74, 6) is -1.74. The lowest BCUT2D eigenvalue weighted by Gasteiger charge is -2.19. The molecule has 0 radical (unpaired) electrons. The highest BCUT2D eigenvalue weighted by Crippen LogP contribution is 2.30. The first-order valence-electron chi connectivity index (χ1n) is 6.92. The minimum Gasteiger partial charge on any atom is -0.341 e. The molecule has 0 unspecified atom stereocenters. The molecule has 2 aliphatic heterocycles. The summed E-state index contributed by atoms with van der Waals surface area (Å²) in [6.45, 7) is 0.855. The van der Waals surface area contributed by atoms with E-state index in [2.05, 4.69) is 0 Å². The molecule has 1 aromatic carbocycles. The van der Waals surface area contributed by atoms with Crippen molar-refractivity contribution in [2.75, 3.05) is 19.6 Å². The molecule has 1 saturated heterocycles. The number of benzene rings is 1. The van der Waals surface area contributed by atoms with Crippen LogP contribution in [0, 0.1) is 10.1 Å². The van der Waals surface area contributed by atoms with E-state index in [4.69, 9.17) is 0 Å². The second kappa shape index (κ2) is 5.21. The number of hydrogen-bond acceptors (Lipinski definition) is 5. The standard InChI is InChI=1S/C14H13N3O5/c18-11(15-6-1-2-7-15)8-16-13(19)9-4-3-5-10(17(21)22)12(9)14(16)20/h3-5H,1-2,6-8H2. The lowest BCUT2D eigenvalue weighted by molar-refractivity contribution is -0.385. The van der Waals surface area contributed by atoms with Crippen LogP contribution in [0.15, 0.2) is 18.2 Å². The number of carbonyl (C=O) groups excluding carboxylic acids is 3. The molecule has 3 amide bonds. The quantitative estimate of drug-likeness (QED) is 0.467. The van der Waals surface area contributed by atoms with E-state index in [-0.39, 0.29) is 23.6 Å². The van der Waals surface area contributed by atoms with Gasteiger partial charge in [-0.2, -0.15) is 0 Å². The predicted octanol–water partition coefficient (Wildman–Crippen LogP) is 0.813. The fourth-order valence-corrected chi connectivity index (χ4v) is 2.81. The van der Waals surface area contributed by atoms with E-state index in [9.17, 15) is 24.5 Å². The number of fused-ring (bicyclic) bond motifs is 1. The van der Waals surface area contributed by atoms with Gasteiger partial charge >= 0.3 is 0 Å². The smallest absolute Gasteiger partial charge is 0.282 e. The molecular formula is C14H13N3O5. The van der Waals surface area contributed by atoms with Gasteiger partial charge in [0.2, 0.25) is 5.91 Å². The molecule has 0 spiro atoms. The van der Waals surface area contributed by atoms with Crippen LogP contribution in [-0.2, 0) is 4.79 Å². The van der Waals surface area contributed by atoms with Gasteiger partial charge < -0.3 is 4.90 Å². The van der Waals surface area contributed by atoms with Gasteiger partial charge in [0.15, 0.2) is 0 Å². The molecule has 0 saturated carbocycles. The Balaban J connectivity index is 1.88. The van der Waals surface area contributed by atoms with E-state index in [1.54, 1.807) is 4.90 Å². The molecular weight excluding hydrogens is 290 g/mol. The molecule has 0 aromatic heterocycles. The molecule has 0 N–H and O–H groups in total. The van der Waals surface area contributed by atoms with Crippen molar-refractivity contribution in [1.82, 2.24) is 9.80 Å². The Kier molecular flexibility index (Phi) is 3.36. The zero-order valence-electron chi connectivity index (χ0n) is 11.7. The molecule has 8 heteroatoms. The van der Waals surface area contributed by atoms with Crippen LogP contribution in [0.5, 0.6) is 0 Å². The SMILES string of the molecule is O=C(CN1C(=O)c2cccc([N+](=O)[O-])c2C1=O)N1CCCC1. The molecule has 0 atom stereocenters. The van der Waals surface area contributed by atoms with Gasteiger partial charge in [-0.25, -0.2) is 0 Å². The number of imide groups is 1. The molecule has 114 valence electrons. The Morgan fingerprint density at radius 1 is 1.18 bits per heavy atom. The van der Waals surface area contributed by atoms with Crippen LogP contribution in [0.1, 0.15) is 33.6 Å². The van der Waals surface area contributed by atoms with Gasteiger partial charge in [-0.3, -0.25) is 29.4 Å². The highest BCUT2D eigenvalue weighted by molar-refractivity contribution is 6.24. The largest absolute Gasteiger partial charge is 0.341 e.